The number of amides is 4. The number of nitrogens with zero attached hydrogens (tertiary/aromatic N) is 12. The van der Waals surface area contributed by atoms with Gasteiger partial charge < -0.3 is 69.3 Å². The number of aromatic nitrogens is 8. The molecule has 562 valence electrons. The molecule has 8 N–H and O–H groups in total. The molecule has 29 heteroatoms. The van der Waals surface area contributed by atoms with Crippen LogP contribution in [-0.2, 0) is 19.5 Å². The van der Waals surface area contributed by atoms with Crippen molar-refractivity contribution in [2.75, 3.05) is 0 Å². The number of rotatable bonds is 20. The Labute approximate surface area is 674 Å². The van der Waals surface area contributed by atoms with Crippen molar-refractivity contribution < 1.29 is 78.0 Å². The summed E-state index contributed by atoms with van der Waals surface area (Å²) < 4.78 is 27.1. The van der Waals surface area contributed by atoms with E-state index in [0.717, 1.165) is 0 Å². The maximum absolute atomic E-state index is 13.2. The molecule has 15 aromatic rings. The van der Waals surface area contributed by atoms with Crippen molar-refractivity contribution in [1.29, 1.82) is 0 Å². The number of hydrazone groups is 4. The number of ether oxygens (including phenoxy) is 4. The number of carbonyl (C=O) groups is 4. The quantitative estimate of drug-likeness (QED) is 0.0200. The van der Waals surface area contributed by atoms with Crippen LogP contribution in [0.2, 0.25) is 0 Å². The van der Waals surface area contributed by atoms with Gasteiger partial charge in [-0.1, -0.05) is 121 Å². The third-order valence-electron chi connectivity index (χ3n) is 18.3. The van der Waals surface area contributed by atoms with Crippen LogP contribution in [0.1, 0.15) is 63.7 Å². The first-order valence-electron chi connectivity index (χ1n) is 35.6. The Morgan fingerprint density at radius 2 is 0.650 bits per heavy atom. The summed E-state index contributed by atoms with van der Waals surface area (Å²) in [7, 11) is 0. The van der Waals surface area contributed by atoms with Gasteiger partial charge in [-0.05, 0) is 162 Å². The molecule has 0 fully saturated rings. The predicted molar refractivity (Wildman–Crippen MR) is 433 cm³/mol. The van der Waals surface area contributed by atoms with Crippen molar-refractivity contribution in [3.63, 3.8) is 0 Å². The van der Waals surface area contributed by atoms with Gasteiger partial charge in [0.05, 0.1) is 76.0 Å². The fraction of sp³-hybridized carbons (Fsp3) is 0. The number of benzene rings is 12. The number of hydrogen-bond acceptors (Lipinski definition) is 22. The van der Waals surface area contributed by atoms with Crippen LogP contribution in [-0.4, -0.2) is 98.8 Å². The predicted octanol–water partition coefficient (Wildman–Crippen LogP) is 15.2. The van der Waals surface area contributed by atoms with Gasteiger partial charge in [-0.2, -0.15) is 20.4 Å². The number of fused-ring (bicyclic) bond motifs is 20. The van der Waals surface area contributed by atoms with Crippen LogP contribution in [0.3, 0.4) is 0 Å². The molecule has 5 heterocycles. The van der Waals surface area contributed by atoms with Crippen molar-refractivity contribution in [2.24, 2.45) is 20.4 Å². The normalized spacial score (nSPS) is 11.5. The second-order valence-electron chi connectivity index (χ2n) is 25.7. The van der Waals surface area contributed by atoms with E-state index in [-0.39, 0.29) is 122 Å². The van der Waals surface area contributed by atoms with Gasteiger partial charge in [0.25, 0.3) is 23.6 Å². The van der Waals surface area contributed by atoms with E-state index in [1.807, 2.05) is 0 Å². The van der Waals surface area contributed by atoms with Crippen molar-refractivity contribution >= 4 is 92.6 Å². The van der Waals surface area contributed by atoms with Gasteiger partial charge in [-0.3, -0.25) is 19.2 Å². The second-order valence-corrected chi connectivity index (χ2v) is 25.7. The summed E-state index contributed by atoms with van der Waals surface area (Å²) in [5.41, 5.74) is 14.1. The molecule has 4 amide bonds. The van der Waals surface area contributed by atoms with Gasteiger partial charge in [-0.15, -0.1) is 0 Å². The van der Waals surface area contributed by atoms with Gasteiger partial charge in [0.2, 0.25) is 0 Å². The Bertz CT molecular complexity index is 6830. The Balaban J connectivity index is 0.0000102. The van der Waals surface area contributed by atoms with E-state index in [1.54, 1.807) is 218 Å². The van der Waals surface area contributed by atoms with Gasteiger partial charge in [-0.25, -0.2) is 31.7 Å². The summed E-state index contributed by atoms with van der Waals surface area (Å²) in [6, 6.07) is 73.5. The van der Waals surface area contributed by atoms with E-state index < -0.39 is 23.6 Å². The summed E-state index contributed by atoms with van der Waals surface area (Å²) >= 11 is 0. The molecule has 12 aromatic carbocycles. The smallest absolute Gasteiger partial charge is 0.507 e. The van der Waals surface area contributed by atoms with Gasteiger partial charge >= 0.3 is 19.5 Å². The molecular weight excluding hydrogens is 1540 g/mol. The molecule has 0 radical (unpaired) electrons. The molecule has 28 nitrogen and oxygen atoms in total. The SMILES string of the molecule is O=C(N/N=C/c1ccccc1Oc1ccc2c(c1)-c1nc-2nc2[n-]c(nc3nc(nc4[n-]c(n1)c1ccc(Oc5ccccc5/C=N/NC(=O)c5ccccc5O)cc41)-c1cccc(Oc4ccccc4/C=N/NC(=O)c4ccccc4O)c1-3)c1cccc(Oc3ccccc3/C=N/NC(=O)c3ccccc3O)c21)c1ccccc1O.[Zn+2]. The van der Waals surface area contributed by atoms with Crippen molar-refractivity contribution in [3.8, 4) is 115 Å². The minimum absolute atomic E-state index is 0. The summed E-state index contributed by atoms with van der Waals surface area (Å²) in [5, 5.41) is 60.2. The minimum Gasteiger partial charge on any atom is -0.507 e. The first-order valence-corrected chi connectivity index (χ1v) is 35.6. The minimum atomic E-state index is -0.648. The molecule has 0 saturated carbocycles. The van der Waals surface area contributed by atoms with Gasteiger partial charge in [0, 0.05) is 66.9 Å². The average molecular weight is 1590 g/mol. The topological polar surface area (TPSA) is 389 Å². The molecule has 117 heavy (non-hydrogen) atoms. The first-order chi connectivity index (χ1) is 56.8. The number of carbonyl (C=O) groups excluding carboxylic acids is 4. The number of hydrogen-bond donors (Lipinski definition) is 8. The van der Waals surface area contributed by atoms with Crippen molar-refractivity contribution in [3.05, 3.63) is 311 Å². The summed E-state index contributed by atoms with van der Waals surface area (Å²) in [5.74, 6) is -0.471. The Kier molecular flexibility index (Phi) is 21.0. The number of phenols is 4. The molecular formula is C88H56N16O12Zn. The summed E-state index contributed by atoms with van der Waals surface area (Å²) in [4.78, 5) is 94.6. The van der Waals surface area contributed by atoms with Gasteiger partial charge in [0.15, 0.2) is 0 Å². The van der Waals surface area contributed by atoms with E-state index >= 15 is 0 Å². The standard InChI is InChI=1S/C88H58N16O12.Zn/c105-65-29-9-5-23-57(65)85(109)101-89-45-49-19-1-13-33-69(49)113-53-39-41-55-63(43-53)82-94-77(55)93-81-64-44-54(114-70-34-14-2-20-50(70)46-90-102-86(110)58-24-6-10-30-66(58)106)40-42-56(64)78(95-81)97-83-76-62(28-18-38-74(76)116-72-36-16-4-22-52(72)48-92-104-88(112)60-26-8-12-32-68(60)108)80(99-83)100-84-75-61(79(96-82)98-84)27-17-37-73(75)115-71-35-15-3-21-51(71)47-91-103-87(111)59-25-7-11-31-67(59)107;/h1-48H,(H10,93,94,95,96,97,98,99,100,101,102,103,104,105,106,107,108,109,110,111,112);/q;+2/p-2/b89-45+,90-46+,91-47+,92-48+;. The van der Waals surface area contributed by atoms with Crippen LogP contribution in [0.15, 0.2) is 287 Å². The zero-order valence-electron chi connectivity index (χ0n) is 60.8. The molecule has 8 bridgehead atoms. The molecule has 2 aliphatic heterocycles. The maximum atomic E-state index is 13.2. The van der Waals surface area contributed by atoms with Gasteiger partial charge in [0.1, 0.15) is 69.0 Å². The van der Waals surface area contributed by atoms with Crippen LogP contribution in [0.4, 0.5) is 0 Å². The first kappa shape index (κ1) is 74.7. The summed E-state index contributed by atoms with van der Waals surface area (Å²) in [6.45, 7) is 0. The molecule has 0 atom stereocenters. The Hall–Kier alpha value is -16.4. The number of para-hydroxylation sites is 8. The van der Waals surface area contributed by atoms with Crippen LogP contribution in [0, 0.1) is 0 Å². The monoisotopic (exact) mass is 1590 g/mol. The third-order valence-corrected chi connectivity index (χ3v) is 18.3. The third kappa shape index (κ3) is 15.7. The molecule has 0 spiro atoms. The number of phenolic OH excluding ortho intramolecular Hbond substituents is 4. The molecule has 0 saturated heterocycles. The Morgan fingerprint density at radius 1 is 0.299 bits per heavy atom. The molecule has 17 rings (SSSR count). The van der Waals surface area contributed by atoms with Crippen molar-refractivity contribution in [2.45, 2.75) is 0 Å². The maximum Gasteiger partial charge on any atom is 2.00 e. The molecule has 2 aliphatic rings. The van der Waals surface area contributed by atoms with E-state index in [0.29, 0.717) is 101 Å². The Morgan fingerprint density at radius 3 is 1.15 bits per heavy atom. The summed E-state index contributed by atoms with van der Waals surface area (Å²) in [6.07, 6.45) is 5.65. The van der Waals surface area contributed by atoms with Crippen LogP contribution >= 0.6 is 0 Å². The van der Waals surface area contributed by atoms with Crippen LogP contribution in [0.25, 0.3) is 89.7 Å². The van der Waals surface area contributed by atoms with E-state index in [1.165, 1.54) is 73.4 Å². The second kappa shape index (κ2) is 32.9. The van der Waals surface area contributed by atoms with Crippen molar-refractivity contribution in [1.82, 2.24) is 61.6 Å². The fourth-order valence-corrected chi connectivity index (χ4v) is 12.7. The zero-order valence-corrected chi connectivity index (χ0v) is 63.8. The van der Waals surface area contributed by atoms with Crippen LogP contribution in [0.5, 0.6) is 69.0 Å². The molecule has 3 aromatic heterocycles. The number of nitrogens with one attached hydrogen (secondary N) is 4. The fourth-order valence-electron chi connectivity index (χ4n) is 12.7. The van der Waals surface area contributed by atoms with E-state index in [4.69, 9.17) is 58.8 Å². The average Bonchev–Trinajstić information content (AvgIpc) is 1.59. The number of aromatic hydroxyl groups is 4. The zero-order chi connectivity index (χ0) is 79.2. The van der Waals surface area contributed by atoms with Crippen LogP contribution < -0.4 is 50.6 Å². The van der Waals surface area contributed by atoms with E-state index in [9.17, 15) is 39.6 Å². The largest absolute Gasteiger partial charge is 2.00 e. The van der Waals surface area contributed by atoms with E-state index in [2.05, 4.69) is 42.1 Å². The molecule has 0 unspecified atom stereocenters. The molecule has 0 aliphatic carbocycles.